The third-order valence-corrected chi connectivity index (χ3v) is 4.16. The van der Waals surface area contributed by atoms with Gasteiger partial charge in [0.25, 0.3) is 0 Å². The average Bonchev–Trinajstić information content (AvgIpc) is 2.94. The highest BCUT2D eigenvalue weighted by Gasteiger charge is 2.15. The Morgan fingerprint density at radius 2 is 2.00 bits per heavy atom. The zero-order chi connectivity index (χ0) is 16.1. The first-order chi connectivity index (χ1) is 10.5. The summed E-state index contributed by atoms with van der Waals surface area (Å²) < 4.78 is 4.67. The Balaban J connectivity index is 2.17. The number of methoxy groups -OCH3 is 1. The second kappa shape index (κ2) is 7.24. The minimum atomic E-state index is -0.475. The lowest BCUT2D eigenvalue weighted by Crippen LogP contribution is -2.11. The van der Waals surface area contributed by atoms with Crippen LogP contribution in [0.25, 0.3) is 5.57 Å². The van der Waals surface area contributed by atoms with Crippen molar-refractivity contribution in [2.75, 3.05) is 12.4 Å². The number of hydrogen-bond donors (Lipinski definition) is 1. The van der Waals surface area contributed by atoms with E-state index in [9.17, 15) is 9.59 Å². The quantitative estimate of drug-likeness (QED) is 0.672. The lowest BCUT2D eigenvalue weighted by Gasteiger charge is -2.06. The zero-order valence-electron chi connectivity index (χ0n) is 12.1. The number of allylic oxidation sites excluding steroid dienone is 1. The Morgan fingerprint density at radius 1 is 1.27 bits per heavy atom. The van der Waals surface area contributed by atoms with E-state index >= 15 is 0 Å². The summed E-state index contributed by atoms with van der Waals surface area (Å²) in [4.78, 5) is 24.0. The molecule has 6 heteroatoms. The lowest BCUT2D eigenvalue weighted by molar-refractivity contribution is -0.111. The Hall–Kier alpha value is -2.11. The minimum absolute atomic E-state index is 0.332. The third-order valence-electron chi connectivity index (χ3n) is 2.94. The molecule has 114 valence electrons. The van der Waals surface area contributed by atoms with Gasteiger partial charge in [-0.15, -0.1) is 11.3 Å². The molecule has 1 heterocycles. The van der Waals surface area contributed by atoms with Crippen LogP contribution in [0.3, 0.4) is 0 Å². The molecule has 0 aliphatic rings. The van der Waals surface area contributed by atoms with Crippen LogP contribution in [-0.2, 0) is 9.53 Å². The summed E-state index contributed by atoms with van der Waals surface area (Å²) in [6.07, 6.45) is 1.44. The fourth-order valence-corrected chi connectivity index (χ4v) is 2.93. The van der Waals surface area contributed by atoms with Crippen LogP contribution in [0.2, 0.25) is 5.02 Å². The molecule has 1 aromatic carbocycles. The lowest BCUT2D eigenvalue weighted by atomic mass is 10.1. The molecule has 0 radical (unpaired) electrons. The Morgan fingerprint density at radius 3 is 2.68 bits per heavy atom. The summed E-state index contributed by atoms with van der Waals surface area (Å²) in [5, 5.41) is 4.97. The molecule has 0 unspecified atom stereocenters. The van der Waals surface area contributed by atoms with E-state index in [2.05, 4.69) is 10.1 Å². The highest BCUT2D eigenvalue weighted by atomic mass is 35.5. The Labute approximate surface area is 137 Å². The molecule has 0 bridgehead atoms. The number of carbonyl (C=O) groups is 2. The molecule has 0 aliphatic heterocycles. The number of hydrogen-bond acceptors (Lipinski definition) is 4. The van der Waals surface area contributed by atoms with Gasteiger partial charge in [-0.25, -0.2) is 4.79 Å². The number of rotatable bonds is 4. The van der Waals surface area contributed by atoms with E-state index in [-0.39, 0.29) is 5.91 Å². The SMILES string of the molecule is COC(=O)c1sccc1NC(=O)C=C(C)c1ccccc1Cl. The average molecular weight is 336 g/mol. The van der Waals surface area contributed by atoms with Crippen molar-refractivity contribution < 1.29 is 14.3 Å². The maximum absolute atomic E-state index is 12.1. The molecule has 2 rings (SSSR count). The molecule has 0 aliphatic carbocycles. The van der Waals surface area contributed by atoms with Gasteiger partial charge in [-0.3, -0.25) is 4.79 Å². The topological polar surface area (TPSA) is 55.4 Å². The molecular weight excluding hydrogens is 322 g/mol. The van der Waals surface area contributed by atoms with Crippen molar-refractivity contribution in [3.63, 3.8) is 0 Å². The normalized spacial score (nSPS) is 11.1. The van der Waals surface area contributed by atoms with Crippen LogP contribution in [-0.4, -0.2) is 19.0 Å². The first kappa shape index (κ1) is 16.3. The Bertz CT molecular complexity index is 736. The van der Waals surface area contributed by atoms with Crippen LogP contribution in [0, 0.1) is 0 Å². The molecular formula is C16H14ClNO3S. The number of nitrogens with one attached hydrogen (secondary N) is 1. The molecule has 22 heavy (non-hydrogen) atoms. The second-order valence-corrected chi connectivity index (χ2v) is 5.77. The predicted molar refractivity (Wildman–Crippen MR) is 89.4 cm³/mol. The van der Waals surface area contributed by atoms with E-state index in [4.69, 9.17) is 11.6 Å². The monoisotopic (exact) mass is 335 g/mol. The van der Waals surface area contributed by atoms with Crippen LogP contribution in [0.5, 0.6) is 0 Å². The van der Waals surface area contributed by atoms with Gasteiger partial charge in [-0.2, -0.15) is 0 Å². The summed E-state index contributed by atoms with van der Waals surface area (Å²) in [5.41, 5.74) is 1.96. The highest BCUT2D eigenvalue weighted by molar-refractivity contribution is 7.12. The first-order valence-corrected chi connectivity index (χ1v) is 7.68. The number of halogens is 1. The summed E-state index contributed by atoms with van der Waals surface area (Å²) in [6.45, 7) is 1.80. The van der Waals surface area contributed by atoms with Gasteiger partial charge in [0, 0.05) is 11.1 Å². The predicted octanol–water partition coefficient (Wildman–Crippen LogP) is 4.23. The van der Waals surface area contributed by atoms with Crippen LogP contribution >= 0.6 is 22.9 Å². The Kier molecular flexibility index (Phi) is 5.35. The number of benzene rings is 1. The van der Waals surface area contributed by atoms with Crippen molar-refractivity contribution >= 4 is 46.1 Å². The van der Waals surface area contributed by atoms with Crippen LogP contribution in [0.1, 0.15) is 22.2 Å². The molecule has 4 nitrogen and oxygen atoms in total. The van der Waals surface area contributed by atoms with E-state index in [0.717, 1.165) is 11.1 Å². The molecule has 0 atom stereocenters. The summed E-state index contributed by atoms with van der Waals surface area (Å²) in [5.74, 6) is -0.807. The molecule has 1 aromatic heterocycles. The molecule has 1 amide bonds. The van der Waals surface area contributed by atoms with Crippen molar-refractivity contribution in [2.45, 2.75) is 6.92 Å². The van der Waals surface area contributed by atoms with Gasteiger partial charge < -0.3 is 10.1 Å². The van der Waals surface area contributed by atoms with Crippen LogP contribution in [0.4, 0.5) is 5.69 Å². The zero-order valence-corrected chi connectivity index (χ0v) is 13.6. The van der Waals surface area contributed by atoms with E-state index in [0.29, 0.717) is 15.6 Å². The molecule has 2 aromatic rings. The number of carbonyl (C=O) groups excluding carboxylic acids is 2. The van der Waals surface area contributed by atoms with Crippen molar-refractivity contribution in [1.82, 2.24) is 0 Å². The number of ether oxygens (including phenoxy) is 1. The molecule has 1 N–H and O–H groups in total. The van der Waals surface area contributed by atoms with E-state index in [1.54, 1.807) is 24.4 Å². The van der Waals surface area contributed by atoms with Gasteiger partial charge in [-0.1, -0.05) is 29.8 Å². The molecule has 0 saturated heterocycles. The van der Waals surface area contributed by atoms with Crippen molar-refractivity contribution in [3.8, 4) is 0 Å². The van der Waals surface area contributed by atoms with E-state index < -0.39 is 5.97 Å². The van der Waals surface area contributed by atoms with Gasteiger partial charge in [0.1, 0.15) is 4.88 Å². The van der Waals surface area contributed by atoms with Crippen molar-refractivity contribution in [2.24, 2.45) is 0 Å². The minimum Gasteiger partial charge on any atom is -0.465 e. The standard InChI is InChI=1S/C16H14ClNO3S/c1-10(11-5-3-4-6-12(11)17)9-14(19)18-13-7-8-22-15(13)16(20)21-2/h3-9H,1-2H3,(H,18,19). The van der Waals surface area contributed by atoms with Gasteiger partial charge in [0.2, 0.25) is 5.91 Å². The van der Waals surface area contributed by atoms with Crippen LogP contribution < -0.4 is 5.32 Å². The number of amides is 1. The molecule has 0 fully saturated rings. The third kappa shape index (κ3) is 3.75. The number of thiophene rings is 1. The smallest absolute Gasteiger partial charge is 0.350 e. The largest absolute Gasteiger partial charge is 0.465 e. The van der Waals surface area contributed by atoms with Gasteiger partial charge in [0.05, 0.1) is 12.8 Å². The summed E-state index contributed by atoms with van der Waals surface area (Å²) in [7, 11) is 1.30. The van der Waals surface area contributed by atoms with Gasteiger partial charge >= 0.3 is 5.97 Å². The van der Waals surface area contributed by atoms with E-state index in [1.807, 2.05) is 18.2 Å². The summed E-state index contributed by atoms with van der Waals surface area (Å²) >= 11 is 7.31. The number of esters is 1. The van der Waals surface area contributed by atoms with Gasteiger partial charge in [-0.05, 0) is 35.6 Å². The van der Waals surface area contributed by atoms with Crippen molar-refractivity contribution in [3.05, 3.63) is 57.3 Å². The second-order valence-electron chi connectivity index (χ2n) is 4.45. The maximum atomic E-state index is 12.1. The highest BCUT2D eigenvalue weighted by Crippen LogP contribution is 2.25. The number of anilines is 1. The van der Waals surface area contributed by atoms with Gasteiger partial charge in [0.15, 0.2) is 0 Å². The first-order valence-electron chi connectivity index (χ1n) is 6.43. The van der Waals surface area contributed by atoms with E-state index in [1.165, 1.54) is 24.5 Å². The molecule has 0 spiro atoms. The summed E-state index contributed by atoms with van der Waals surface area (Å²) in [6, 6.07) is 8.94. The fourth-order valence-electron chi connectivity index (χ4n) is 1.88. The fraction of sp³-hybridized carbons (Fsp3) is 0.125. The van der Waals surface area contributed by atoms with Crippen molar-refractivity contribution in [1.29, 1.82) is 0 Å². The van der Waals surface area contributed by atoms with Crippen LogP contribution in [0.15, 0.2) is 41.8 Å². The molecule has 0 saturated carbocycles. The maximum Gasteiger partial charge on any atom is 0.350 e.